The second-order valence-electron chi connectivity index (χ2n) is 6.94. The molecule has 1 aliphatic heterocycles. The first-order valence-corrected chi connectivity index (χ1v) is 9.15. The fourth-order valence-corrected chi connectivity index (χ4v) is 3.70. The average molecular weight is 348 g/mol. The molecule has 0 radical (unpaired) electrons. The van der Waals surface area contributed by atoms with Crippen molar-refractivity contribution in [2.75, 3.05) is 18.0 Å². The van der Waals surface area contributed by atoms with Gasteiger partial charge in [0.15, 0.2) is 0 Å². The summed E-state index contributed by atoms with van der Waals surface area (Å²) in [7, 11) is 0. The summed E-state index contributed by atoms with van der Waals surface area (Å²) in [5.74, 6) is 2.75. The van der Waals surface area contributed by atoms with Gasteiger partial charge in [0.05, 0.1) is 6.54 Å². The van der Waals surface area contributed by atoms with E-state index in [1.807, 2.05) is 31.6 Å². The third kappa shape index (κ3) is 3.31. The van der Waals surface area contributed by atoms with Crippen LogP contribution < -0.4 is 4.90 Å². The van der Waals surface area contributed by atoms with Gasteiger partial charge >= 0.3 is 0 Å². The van der Waals surface area contributed by atoms with E-state index in [-0.39, 0.29) is 0 Å². The zero-order chi connectivity index (χ0) is 17.9. The zero-order valence-electron chi connectivity index (χ0n) is 15.3. The van der Waals surface area contributed by atoms with E-state index in [4.69, 9.17) is 0 Å². The highest BCUT2D eigenvalue weighted by Crippen LogP contribution is 2.30. The van der Waals surface area contributed by atoms with Crippen molar-refractivity contribution in [1.82, 2.24) is 24.5 Å². The minimum Gasteiger partial charge on any atom is -0.356 e. The molecule has 0 aliphatic carbocycles. The van der Waals surface area contributed by atoms with Crippen LogP contribution in [0.2, 0.25) is 0 Å². The molecule has 0 saturated carbocycles. The number of piperidine rings is 1. The van der Waals surface area contributed by atoms with Crippen LogP contribution in [-0.2, 0) is 6.54 Å². The molecule has 4 heterocycles. The van der Waals surface area contributed by atoms with Gasteiger partial charge in [-0.25, -0.2) is 15.0 Å². The molecule has 0 bridgehead atoms. The Hall–Kier alpha value is -2.76. The second-order valence-corrected chi connectivity index (χ2v) is 6.94. The smallest absolute Gasteiger partial charge is 0.135 e. The predicted octanol–water partition coefficient (Wildman–Crippen LogP) is 3.12. The molecule has 3 aromatic rings. The van der Waals surface area contributed by atoms with E-state index in [2.05, 4.69) is 48.6 Å². The Morgan fingerprint density at radius 1 is 1.08 bits per heavy atom. The predicted molar refractivity (Wildman–Crippen MR) is 101 cm³/mol. The Labute approximate surface area is 154 Å². The quantitative estimate of drug-likeness (QED) is 0.725. The number of hydrogen-bond acceptors (Lipinski definition) is 5. The van der Waals surface area contributed by atoms with Crippen LogP contribution in [0.15, 0.2) is 43.2 Å². The molecule has 1 fully saturated rings. The van der Waals surface area contributed by atoms with Gasteiger partial charge in [-0.3, -0.25) is 4.98 Å². The van der Waals surface area contributed by atoms with Gasteiger partial charge in [0.2, 0.25) is 0 Å². The lowest BCUT2D eigenvalue weighted by molar-refractivity contribution is 0.467. The maximum atomic E-state index is 4.66. The average Bonchev–Trinajstić information content (AvgIpc) is 3.13. The monoisotopic (exact) mass is 348 g/mol. The Kier molecular flexibility index (Phi) is 4.65. The van der Waals surface area contributed by atoms with Gasteiger partial charge in [-0.1, -0.05) is 6.07 Å². The number of aromatic nitrogens is 5. The molecular formula is C20H24N6. The normalized spacial score (nSPS) is 15.4. The number of pyridine rings is 1. The number of hydrogen-bond donors (Lipinski definition) is 0. The molecule has 0 atom stereocenters. The molecule has 0 spiro atoms. The van der Waals surface area contributed by atoms with E-state index in [9.17, 15) is 0 Å². The van der Waals surface area contributed by atoms with Crippen LogP contribution in [0.3, 0.4) is 0 Å². The first-order chi connectivity index (χ1) is 12.7. The molecule has 26 heavy (non-hydrogen) atoms. The van der Waals surface area contributed by atoms with Crippen LogP contribution in [0.1, 0.15) is 41.4 Å². The van der Waals surface area contributed by atoms with E-state index in [0.29, 0.717) is 5.92 Å². The van der Waals surface area contributed by atoms with E-state index < -0.39 is 0 Å². The SMILES string of the molecule is Cc1ncnc(N2CCC(c3nccn3Cc3cccnc3)CC2)c1C. The number of nitrogens with zero attached hydrogens (tertiary/aromatic N) is 6. The molecule has 6 heteroatoms. The van der Waals surface area contributed by atoms with Crippen molar-refractivity contribution < 1.29 is 0 Å². The van der Waals surface area contributed by atoms with Gasteiger partial charge in [0, 0.05) is 55.1 Å². The van der Waals surface area contributed by atoms with Crippen molar-refractivity contribution in [3.63, 3.8) is 0 Å². The van der Waals surface area contributed by atoms with Gasteiger partial charge in [-0.15, -0.1) is 0 Å². The third-order valence-corrected chi connectivity index (χ3v) is 5.29. The maximum absolute atomic E-state index is 4.66. The Morgan fingerprint density at radius 2 is 1.92 bits per heavy atom. The van der Waals surface area contributed by atoms with E-state index >= 15 is 0 Å². The van der Waals surface area contributed by atoms with Crippen molar-refractivity contribution in [1.29, 1.82) is 0 Å². The molecule has 6 nitrogen and oxygen atoms in total. The van der Waals surface area contributed by atoms with Crippen LogP contribution in [0.25, 0.3) is 0 Å². The van der Waals surface area contributed by atoms with Crippen molar-refractivity contribution in [3.8, 4) is 0 Å². The number of aryl methyl sites for hydroxylation is 1. The van der Waals surface area contributed by atoms with Crippen LogP contribution in [0.5, 0.6) is 0 Å². The summed E-state index contributed by atoms with van der Waals surface area (Å²) in [6.07, 6.45) is 11.6. The first kappa shape index (κ1) is 16.7. The second kappa shape index (κ2) is 7.23. The zero-order valence-corrected chi connectivity index (χ0v) is 15.3. The molecule has 4 rings (SSSR count). The highest BCUT2D eigenvalue weighted by Gasteiger charge is 2.25. The highest BCUT2D eigenvalue weighted by atomic mass is 15.2. The van der Waals surface area contributed by atoms with Crippen LogP contribution in [0, 0.1) is 13.8 Å². The highest BCUT2D eigenvalue weighted by molar-refractivity contribution is 5.47. The lowest BCUT2D eigenvalue weighted by Gasteiger charge is -2.33. The van der Waals surface area contributed by atoms with Crippen LogP contribution >= 0.6 is 0 Å². The third-order valence-electron chi connectivity index (χ3n) is 5.29. The fraction of sp³-hybridized carbons (Fsp3) is 0.400. The summed E-state index contributed by atoms with van der Waals surface area (Å²) >= 11 is 0. The molecule has 1 aliphatic rings. The molecular weight excluding hydrogens is 324 g/mol. The van der Waals surface area contributed by atoms with E-state index in [1.54, 1.807) is 6.33 Å². The lowest BCUT2D eigenvalue weighted by Crippen LogP contribution is -2.35. The summed E-state index contributed by atoms with van der Waals surface area (Å²) in [5.41, 5.74) is 3.45. The summed E-state index contributed by atoms with van der Waals surface area (Å²) in [6, 6.07) is 4.09. The number of anilines is 1. The molecule has 134 valence electrons. The molecule has 0 aromatic carbocycles. The van der Waals surface area contributed by atoms with Crippen molar-refractivity contribution in [2.45, 2.75) is 39.2 Å². The van der Waals surface area contributed by atoms with Crippen molar-refractivity contribution in [2.24, 2.45) is 0 Å². The topological polar surface area (TPSA) is 59.7 Å². The Morgan fingerprint density at radius 3 is 2.69 bits per heavy atom. The summed E-state index contributed by atoms with van der Waals surface area (Å²) in [5, 5.41) is 0. The minimum atomic E-state index is 0.487. The van der Waals surface area contributed by atoms with Gasteiger partial charge < -0.3 is 9.47 Å². The minimum absolute atomic E-state index is 0.487. The molecule has 0 N–H and O–H groups in total. The van der Waals surface area contributed by atoms with Gasteiger partial charge in [0.1, 0.15) is 18.0 Å². The summed E-state index contributed by atoms with van der Waals surface area (Å²) in [4.78, 5) is 20.1. The van der Waals surface area contributed by atoms with Crippen LogP contribution in [-0.4, -0.2) is 37.6 Å². The van der Waals surface area contributed by atoms with Crippen LogP contribution in [0.4, 0.5) is 5.82 Å². The summed E-state index contributed by atoms with van der Waals surface area (Å²) < 4.78 is 2.26. The van der Waals surface area contributed by atoms with Gasteiger partial charge in [0.25, 0.3) is 0 Å². The summed E-state index contributed by atoms with van der Waals surface area (Å²) in [6.45, 7) is 6.98. The van der Waals surface area contributed by atoms with Crippen molar-refractivity contribution >= 4 is 5.82 Å². The van der Waals surface area contributed by atoms with E-state index in [0.717, 1.165) is 44.0 Å². The molecule has 0 amide bonds. The lowest BCUT2D eigenvalue weighted by atomic mass is 9.95. The fourth-order valence-electron chi connectivity index (χ4n) is 3.70. The Balaban J connectivity index is 1.46. The number of imidazole rings is 1. The molecule has 1 saturated heterocycles. The van der Waals surface area contributed by atoms with Gasteiger partial charge in [-0.2, -0.15) is 0 Å². The standard InChI is InChI=1S/C20H24N6/c1-15-16(2)23-14-24-19(15)25-9-5-18(6-10-25)20-22-8-11-26(20)13-17-4-3-7-21-12-17/h3-4,7-8,11-12,14,18H,5-6,9-10,13H2,1-2H3. The first-order valence-electron chi connectivity index (χ1n) is 9.15. The Bertz CT molecular complexity index is 865. The maximum Gasteiger partial charge on any atom is 0.135 e. The molecule has 3 aromatic heterocycles. The largest absolute Gasteiger partial charge is 0.356 e. The molecule has 0 unspecified atom stereocenters. The van der Waals surface area contributed by atoms with Crippen molar-refractivity contribution in [3.05, 3.63) is 65.9 Å². The number of rotatable bonds is 4. The van der Waals surface area contributed by atoms with Gasteiger partial charge in [-0.05, 0) is 38.3 Å². The van der Waals surface area contributed by atoms with E-state index in [1.165, 1.54) is 17.0 Å².